The van der Waals surface area contributed by atoms with Crippen LogP contribution >= 0.6 is 0 Å². The molecular weight excluding hydrogens is 404 g/mol. The van der Waals surface area contributed by atoms with Gasteiger partial charge in [-0.15, -0.1) is 0 Å². The zero-order chi connectivity index (χ0) is 22.4. The van der Waals surface area contributed by atoms with Gasteiger partial charge in [0.25, 0.3) is 23.2 Å². The number of hydrogen-bond acceptors (Lipinski definition) is 9. The topological polar surface area (TPSA) is 172 Å². The van der Waals surface area contributed by atoms with Crippen LogP contribution in [0.5, 0.6) is 17.2 Å². The Morgan fingerprint density at radius 3 is 1.47 bits per heavy atom. The monoisotopic (exact) mass is 420 g/mol. The Morgan fingerprint density at radius 1 is 0.733 bits per heavy atom. The maximum atomic E-state index is 12.4. The first-order valence-corrected chi connectivity index (χ1v) is 8.06. The van der Waals surface area contributed by atoms with Gasteiger partial charge in [0.05, 0.1) is 42.8 Å². The summed E-state index contributed by atoms with van der Waals surface area (Å²) >= 11 is 0. The van der Waals surface area contributed by atoms with Gasteiger partial charge in [0, 0.05) is 17.7 Å². The van der Waals surface area contributed by atoms with E-state index in [1.54, 1.807) is 0 Å². The Labute approximate surface area is 168 Å². The molecule has 13 heteroatoms. The van der Waals surface area contributed by atoms with E-state index < -0.39 is 33.0 Å². The third-order valence-electron chi connectivity index (χ3n) is 3.80. The lowest BCUT2D eigenvalue weighted by molar-refractivity contribution is -0.394. The number of ether oxygens (including phenoxy) is 3. The summed E-state index contributed by atoms with van der Waals surface area (Å²) in [4.78, 5) is 44.7. The van der Waals surface area contributed by atoms with Gasteiger partial charge in [0.2, 0.25) is 5.75 Å². The van der Waals surface area contributed by atoms with E-state index in [9.17, 15) is 29.8 Å². The summed E-state index contributed by atoms with van der Waals surface area (Å²) in [5.41, 5.74) is 2.49. The van der Waals surface area contributed by atoms with Crippen LogP contribution in [-0.2, 0) is 0 Å². The molecule has 0 aromatic heterocycles. The van der Waals surface area contributed by atoms with Gasteiger partial charge in [0.1, 0.15) is 0 Å². The Morgan fingerprint density at radius 2 is 1.13 bits per heavy atom. The van der Waals surface area contributed by atoms with Gasteiger partial charge in [-0.1, -0.05) is 0 Å². The molecule has 0 fully saturated rings. The maximum Gasteiger partial charge on any atom is 0.277 e. The van der Waals surface area contributed by atoms with Crippen molar-refractivity contribution in [3.05, 3.63) is 61.7 Å². The van der Waals surface area contributed by atoms with Crippen LogP contribution in [0.1, 0.15) is 20.7 Å². The van der Waals surface area contributed by atoms with Crippen LogP contribution in [0.2, 0.25) is 0 Å². The van der Waals surface area contributed by atoms with E-state index in [0.717, 1.165) is 12.1 Å². The molecule has 2 rings (SSSR count). The Hall–Kier alpha value is -4.42. The number of carbonyl (C=O) groups excluding carboxylic acids is 2. The van der Waals surface area contributed by atoms with Crippen LogP contribution in [0.15, 0.2) is 30.3 Å². The van der Waals surface area contributed by atoms with Crippen LogP contribution in [0.4, 0.5) is 11.4 Å². The lowest BCUT2D eigenvalue weighted by Crippen LogP contribution is -2.41. The quantitative estimate of drug-likeness (QED) is 0.498. The van der Waals surface area contributed by atoms with Crippen LogP contribution in [0.25, 0.3) is 0 Å². The Bertz CT molecular complexity index is 965. The number of nitro benzene ring substituents is 2. The molecule has 0 saturated heterocycles. The lowest BCUT2D eigenvalue weighted by atomic mass is 10.1. The van der Waals surface area contributed by atoms with Crippen LogP contribution in [-0.4, -0.2) is 43.0 Å². The SMILES string of the molecule is COc1cc(C(=O)NNC(=O)c2cc([N+](=O)[O-])cc([N+](=O)[O-])c2)cc(OC)c1OC. The molecule has 0 saturated carbocycles. The minimum Gasteiger partial charge on any atom is -0.493 e. The summed E-state index contributed by atoms with van der Waals surface area (Å²) in [6, 6.07) is 5.06. The fourth-order valence-electron chi connectivity index (χ4n) is 2.41. The Balaban J connectivity index is 2.23. The molecule has 0 unspecified atom stereocenters. The molecule has 158 valence electrons. The molecule has 2 amide bonds. The molecule has 2 N–H and O–H groups in total. The highest BCUT2D eigenvalue weighted by Crippen LogP contribution is 2.38. The molecule has 0 spiro atoms. The summed E-state index contributed by atoms with van der Waals surface area (Å²) in [6.45, 7) is 0. The lowest BCUT2D eigenvalue weighted by Gasteiger charge is -2.14. The first kappa shape index (κ1) is 21.9. The smallest absolute Gasteiger partial charge is 0.277 e. The summed E-state index contributed by atoms with van der Waals surface area (Å²) in [5.74, 6) is -1.13. The minimum absolute atomic E-state index is 0.0369. The molecule has 0 aliphatic rings. The predicted octanol–water partition coefficient (Wildman–Crippen LogP) is 1.60. The number of rotatable bonds is 7. The second-order valence-corrected chi connectivity index (χ2v) is 5.57. The molecule has 30 heavy (non-hydrogen) atoms. The van der Waals surface area contributed by atoms with Crippen LogP contribution in [0.3, 0.4) is 0 Å². The van der Waals surface area contributed by atoms with Gasteiger partial charge in [-0.3, -0.25) is 40.7 Å². The number of benzene rings is 2. The van der Waals surface area contributed by atoms with Gasteiger partial charge in [-0.2, -0.15) is 0 Å². The largest absolute Gasteiger partial charge is 0.493 e. The number of nitrogens with zero attached hydrogens (tertiary/aromatic N) is 2. The highest BCUT2D eigenvalue weighted by Gasteiger charge is 2.21. The maximum absolute atomic E-state index is 12.4. The molecule has 2 aromatic carbocycles. The predicted molar refractivity (Wildman–Crippen MR) is 101 cm³/mol. The van der Waals surface area contributed by atoms with E-state index in [1.165, 1.54) is 33.5 Å². The molecule has 13 nitrogen and oxygen atoms in total. The first-order chi connectivity index (χ1) is 14.2. The van der Waals surface area contributed by atoms with Crippen molar-refractivity contribution in [2.24, 2.45) is 0 Å². The molecular formula is C17H16N4O9. The van der Waals surface area contributed by atoms with E-state index >= 15 is 0 Å². The number of nitro groups is 2. The number of carbonyl (C=O) groups is 2. The van der Waals surface area contributed by atoms with E-state index in [2.05, 4.69) is 5.43 Å². The second kappa shape index (κ2) is 9.18. The van der Waals surface area contributed by atoms with Crippen molar-refractivity contribution in [3.63, 3.8) is 0 Å². The molecule has 0 atom stereocenters. The number of amides is 2. The van der Waals surface area contributed by atoms with Crippen molar-refractivity contribution >= 4 is 23.2 Å². The number of methoxy groups -OCH3 is 3. The van der Waals surface area contributed by atoms with Crippen molar-refractivity contribution < 1.29 is 33.6 Å². The highest BCUT2D eigenvalue weighted by molar-refractivity contribution is 6.00. The van der Waals surface area contributed by atoms with Crippen molar-refractivity contribution in [1.29, 1.82) is 0 Å². The molecule has 0 radical (unpaired) electrons. The summed E-state index contributed by atoms with van der Waals surface area (Å²) in [7, 11) is 4.10. The standard InChI is InChI=1S/C17H16N4O9/c1-28-13-6-10(7-14(29-2)15(13)30-3)17(23)19-18-16(22)9-4-11(20(24)25)8-12(5-9)21(26)27/h4-8H,1-3H3,(H,18,22)(H,19,23). The Kier molecular flexibility index (Phi) is 6.70. The third-order valence-corrected chi connectivity index (χ3v) is 3.80. The summed E-state index contributed by atoms with van der Waals surface area (Å²) in [6.07, 6.45) is 0. The number of nitrogens with one attached hydrogen (secondary N) is 2. The second-order valence-electron chi connectivity index (χ2n) is 5.57. The molecule has 2 aromatic rings. The summed E-state index contributed by atoms with van der Waals surface area (Å²) in [5, 5.41) is 21.8. The molecule has 0 heterocycles. The van der Waals surface area contributed by atoms with E-state index in [1.807, 2.05) is 5.43 Å². The normalized spacial score (nSPS) is 9.97. The first-order valence-electron chi connectivity index (χ1n) is 8.06. The van der Waals surface area contributed by atoms with Gasteiger partial charge < -0.3 is 14.2 Å². The highest BCUT2D eigenvalue weighted by atomic mass is 16.6. The number of hydrazine groups is 1. The van der Waals surface area contributed by atoms with Crippen molar-refractivity contribution in [1.82, 2.24) is 10.9 Å². The zero-order valence-electron chi connectivity index (χ0n) is 16.0. The van der Waals surface area contributed by atoms with Gasteiger partial charge in [0.15, 0.2) is 11.5 Å². The fraction of sp³-hybridized carbons (Fsp3) is 0.176. The number of non-ortho nitro benzene ring substituents is 2. The third kappa shape index (κ3) is 4.70. The van der Waals surface area contributed by atoms with Gasteiger partial charge >= 0.3 is 0 Å². The number of hydrogen-bond donors (Lipinski definition) is 2. The van der Waals surface area contributed by atoms with Crippen LogP contribution < -0.4 is 25.1 Å². The minimum atomic E-state index is -0.998. The van der Waals surface area contributed by atoms with E-state index in [4.69, 9.17) is 14.2 Å². The molecule has 0 aliphatic heterocycles. The average Bonchev–Trinajstić information content (AvgIpc) is 2.75. The molecule has 0 aliphatic carbocycles. The summed E-state index contributed by atoms with van der Waals surface area (Å²) < 4.78 is 15.4. The van der Waals surface area contributed by atoms with Crippen molar-refractivity contribution in [2.75, 3.05) is 21.3 Å². The van der Waals surface area contributed by atoms with E-state index in [-0.39, 0.29) is 28.4 Å². The zero-order valence-corrected chi connectivity index (χ0v) is 16.0. The average molecular weight is 420 g/mol. The van der Waals surface area contributed by atoms with Gasteiger partial charge in [-0.25, -0.2) is 0 Å². The van der Waals surface area contributed by atoms with Crippen LogP contribution in [0, 0.1) is 20.2 Å². The van der Waals surface area contributed by atoms with Crippen molar-refractivity contribution in [2.45, 2.75) is 0 Å². The van der Waals surface area contributed by atoms with E-state index in [0.29, 0.717) is 6.07 Å². The van der Waals surface area contributed by atoms with Gasteiger partial charge in [-0.05, 0) is 12.1 Å². The fourth-order valence-corrected chi connectivity index (χ4v) is 2.41. The molecule has 0 bridgehead atoms. The van der Waals surface area contributed by atoms with Crippen molar-refractivity contribution in [3.8, 4) is 17.2 Å².